The topological polar surface area (TPSA) is 86.8 Å². The number of carbonyl (C=O) groups excluding carboxylic acids is 1. The average molecular weight is 272 g/mol. The number of piperidine rings is 1. The minimum Gasteiger partial charge on any atom is -0.353 e. The number of aromatic nitrogens is 4. The number of H-pyrrole nitrogens is 1. The molecule has 1 atom stereocenters. The van der Waals surface area contributed by atoms with E-state index in [0.29, 0.717) is 5.56 Å². The highest BCUT2D eigenvalue weighted by molar-refractivity contribution is 5.93. The summed E-state index contributed by atoms with van der Waals surface area (Å²) in [6, 6.07) is 0.119. The minimum absolute atomic E-state index is 0.0928. The molecule has 0 radical (unpaired) electrons. The molecule has 7 heteroatoms. The summed E-state index contributed by atoms with van der Waals surface area (Å²) in [6.07, 6.45) is 10.2. The summed E-state index contributed by atoms with van der Waals surface area (Å²) < 4.78 is 0. The number of rotatable bonds is 3. The molecule has 0 unspecified atom stereocenters. The van der Waals surface area contributed by atoms with Crippen LogP contribution < -0.4 is 10.2 Å². The van der Waals surface area contributed by atoms with Crippen LogP contribution in [0.1, 0.15) is 23.2 Å². The molecule has 0 saturated carbocycles. The van der Waals surface area contributed by atoms with Gasteiger partial charge in [0.25, 0.3) is 5.91 Å². The highest BCUT2D eigenvalue weighted by Gasteiger charge is 2.22. The lowest BCUT2D eigenvalue weighted by atomic mass is 10.1. The Kier molecular flexibility index (Phi) is 3.58. The minimum atomic E-state index is -0.0928. The van der Waals surface area contributed by atoms with Crippen LogP contribution in [0.3, 0.4) is 0 Å². The second-order valence-electron chi connectivity index (χ2n) is 4.81. The van der Waals surface area contributed by atoms with E-state index < -0.39 is 0 Å². The highest BCUT2D eigenvalue weighted by atomic mass is 16.1. The molecule has 1 saturated heterocycles. The number of hydrogen-bond donors (Lipinski definition) is 2. The molecular weight excluding hydrogens is 256 g/mol. The van der Waals surface area contributed by atoms with Crippen LogP contribution in [0.5, 0.6) is 0 Å². The van der Waals surface area contributed by atoms with Gasteiger partial charge in [-0.25, -0.2) is 4.98 Å². The van der Waals surface area contributed by atoms with Gasteiger partial charge < -0.3 is 10.2 Å². The van der Waals surface area contributed by atoms with Gasteiger partial charge in [-0.05, 0) is 12.8 Å². The molecule has 1 amide bonds. The maximum Gasteiger partial charge on any atom is 0.254 e. The lowest BCUT2D eigenvalue weighted by molar-refractivity contribution is 0.0933. The van der Waals surface area contributed by atoms with E-state index in [1.807, 2.05) is 0 Å². The van der Waals surface area contributed by atoms with Gasteiger partial charge in [-0.3, -0.25) is 14.9 Å². The van der Waals surface area contributed by atoms with Gasteiger partial charge in [-0.15, -0.1) is 0 Å². The van der Waals surface area contributed by atoms with Crippen molar-refractivity contribution in [2.75, 3.05) is 18.0 Å². The molecule has 20 heavy (non-hydrogen) atoms. The number of anilines is 1. The number of carbonyl (C=O) groups is 1. The molecule has 0 spiro atoms. The second-order valence-corrected chi connectivity index (χ2v) is 4.81. The van der Waals surface area contributed by atoms with Gasteiger partial charge in [0.2, 0.25) is 0 Å². The Morgan fingerprint density at radius 3 is 3.10 bits per heavy atom. The van der Waals surface area contributed by atoms with Crippen LogP contribution in [0.25, 0.3) is 0 Å². The second kappa shape index (κ2) is 5.68. The third-order valence-electron chi connectivity index (χ3n) is 3.39. The van der Waals surface area contributed by atoms with Crippen LogP contribution in [0, 0.1) is 0 Å². The van der Waals surface area contributed by atoms with Crippen molar-refractivity contribution in [2.24, 2.45) is 0 Å². The van der Waals surface area contributed by atoms with Crippen LogP contribution in [0.15, 0.2) is 31.0 Å². The van der Waals surface area contributed by atoms with Crippen molar-refractivity contribution in [1.29, 1.82) is 0 Å². The lowest BCUT2D eigenvalue weighted by Gasteiger charge is -2.33. The van der Waals surface area contributed by atoms with Gasteiger partial charge in [0.1, 0.15) is 5.82 Å². The summed E-state index contributed by atoms with van der Waals surface area (Å²) in [5.74, 6) is 0.763. The van der Waals surface area contributed by atoms with Crippen LogP contribution in [0.4, 0.5) is 5.82 Å². The first-order valence-electron chi connectivity index (χ1n) is 6.63. The number of aromatic amines is 1. The van der Waals surface area contributed by atoms with Gasteiger partial charge in [0.15, 0.2) is 0 Å². The van der Waals surface area contributed by atoms with Gasteiger partial charge in [-0.1, -0.05) is 0 Å². The molecular formula is C13H16N6O. The first-order chi connectivity index (χ1) is 9.83. The van der Waals surface area contributed by atoms with Crippen LogP contribution >= 0.6 is 0 Å². The summed E-state index contributed by atoms with van der Waals surface area (Å²) in [7, 11) is 0. The fourth-order valence-electron chi connectivity index (χ4n) is 2.40. The van der Waals surface area contributed by atoms with Crippen molar-refractivity contribution >= 4 is 11.7 Å². The Morgan fingerprint density at radius 1 is 1.40 bits per heavy atom. The van der Waals surface area contributed by atoms with E-state index in [2.05, 4.69) is 30.4 Å². The van der Waals surface area contributed by atoms with E-state index in [1.165, 1.54) is 6.20 Å². The van der Waals surface area contributed by atoms with E-state index in [-0.39, 0.29) is 11.9 Å². The summed E-state index contributed by atoms with van der Waals surface area (Å²) in [5, 5.41) is 9.46. The van der Waals surface area contributed by atoms with Gasteiger partial charge >= 0.3 is 0 Å². The molecule has 1 aliphatic heterocycles. The average Bonchev–Trinajstić information content (AvgIpc) is 3.03. The Bertz CT molecular complexity index is 556. The third-order valence-corrected chi connectivity index (χ3v) is 3.39. The third kappa shape index (κ3) is 2.76. The maximum absolute atomic E-state index is 12.0. The predicted molar refractivity (Wildman–Crippen MR) is 73.3 cm³/mol. The van der Waals surface area contributed by atoms with Gasteiger partial charge in [-0.2, -0.15) is 5.10 Å². The van der Waals surface area contributed by atoms with Crippen LogP contribution in [-0.2, 0) is 0 Å². The quantitative estimate of drug-likeness (QED) is 0.854. The molecule has 0 aromatic carbocycles. The molecule has 1 aliphatic rings. The number of hydrogen-bond acceptors (Lipinski definition) is 5. The molecule has 0 bridgehead atoms. The summed E-state index contributed by atoms with van der Waals surface area (Å²) in [6.45, 7) is 1.69. The molecule has 3 heterocycles. The van der Waals surface area contributed by atoms with Crippen molar-refractivity contribution in [1.82, 2.24) is 25.5 Å². The molecule has 3 rings (SSSR count). The molecule has 104 valence electrons. The Balaban J connectivity index is 1.62. The first-order valence-corrected chi connectivity index (χ1v) is 6.63. The van der Waals surface area contributed by atoms with Crippen molar-refractivity contribution in [3.05, 3.63) is 36.5 Å². The largest absolute Gasteiger partial charge is 0.353 e. The van der Waals surface area contributed by atoms with E-state index in [4.69, 9.17) is 0 Å². The van der Waals surface area contributed by atoms with E-state index in [9.17, 15) is 4.79 Å². The van der Waals surface area contributed by atoms with Crippen LogP contribution in [0.2, 0.25) is 0 Å². The lowest BCUT2D eigenvalue weighted by Crippen LogP contribution is -2.48. The molecule has 2 aromatic heterocycles. The summed E-state index contributed by atoms with van der Waals surface area (Å²) >= 11 is 0. The summed E-state index contributed by atoms with van der Waals surface area (Å²) in [4.78, 5) is 22.5. The van der Waals surface area contributed by atoms with Crippen molar-refractivity contribution in [2.45, 2.75) is 18.9 Å². The monoisotopic (exact) mass is 272 g/mol. The normalized spacial score (nSPS) is 18.8. The Hall–Kier alpha value is -2.44. The first kappa shape index (κ1) is 12.6. The number of nitrogens with zero attached hydrogens (tertiary/aromatic N) is 4. The molecule has 2 aromatic rings. The van der Waals surface area contributed by atoms with Crippen molar-refractivity contribution in [3.8, 4) is 0 Å². The fourth-order valence-corrected chi connectivity index (χ4v) is 2.40. The Morgan fingerprint density at radius 2 is 2.35 bits per heavy atom. The maximum atomic E-state index is 12.0. The van der Waals surface area contributed by atoms with E-state index >= 15 is 0 Å². The van der Waals surface area contributed by atoms with Gasteiger partial charge in [0.05, 0.1) is 18.0 Å². The molecule has 2 N–H and O–H groups in total. The fraction of sp³-hybridized carbons (Fsp3) is 0.385. The zero-order valence-corrected chi connectivity index (χ0v) is 11.0. The highest BCUT2D eigenvalue weighted by Crippen LogP contribution is 2.16. The van der Waals surface area contributed by atoms with Gasteiger partial charge in [0, 0.05) is 37.7 Å². The smallest absolute Gasteiger partial charge is 0.254 e. The SMILES string of the molecule is O=C(N[C@H]1CCCN(c2cnccn2)C1)c1cn[nH]c1. The zero-order valence-electron chi connectivity index (χ0n) is 11.0. The number of amides is 1. The molecule has 7 nitrogen and oxygen atoms in total. The Labute approximate surface area is 116 Å². The standard InChI is InChI=1S/C13H16N6O/c20-13(10-6-16-17-7-10)18-11-2-1-5-19(9-11)12-8-14-3-4-15-12/h3-4,6-8,11H,1-2,5,9H2,(H,16,17)(H,18,20)/t11-/m0/s1. The van der Waals surface area contributed by atoms with E-state index in [0.717, 1.165) is 31.7 Å². The zero-order chi connectivity index (χ0) is 13.8. The van der Waals surface area contributed by atoms with E-state index in [1.54, 1.807) is 24.8 Å². The van der Waals surface area contributed by atoms with Crippen molar-refractivity contribution in [3.63, 3.8) is 0 Å². The van der Waals surface area contributed by atoms with Crippen molar-refractivity contribution < 1.29 is 4.79 Å². The predicted octanol–water partition coefficient (Wildman–Crippen LogP) is 0.598. The number of nitrogens with one attached hydrogen (secondary N) is 2. The molecule has 0 aliphatic carbocycles. The summed E-state index contributed by atoms with van der Waals surface area (Å²) in [5.41, 5.74) is 0.557. The van der Waals surface area contributed by atoms with Crippen LogP contribution in [-0.4, -0.2) is 45.2 Å². The molecule has 1 fully saturated rings.